The zero-order chi connectivity index (χ0) is 16.7. The van der Waals surface area contributed by atoms with Crippen LogP contribution in [0.2, 0.25) is 0 Å². The van der Waals surface area contributed by atoms with E-state index in [0.29, 0.717) is 13.2 Å². The van der Waals surface area contributed by atoms with Gasteiger partial charge in [0.1, 0.15) is 6.61 Å². The van der Waals surface area contributed by atoms with Gasteiger partial charge >= 0.3 is 0 Å². The van der Waals surface area contributed by atoms with Crippen LogP contribution in [0.4, 0.5) is 0 Å². The predicted molar refractivity (Wildman–Crippen MR) is 95.7 cm³/mol. The van der Waals surface area contributed by atoms with Gasteiger partial charge in [-0.25, -0.2) is 0 Å². The Balaban J connectivity index is 1.48. The van der Waals surface area contributed by atoms with Crippen molar-refractivity contribution in [3.8, 4) is 0 Å². The van der Waals surface area contributed by atoms with Crippen molar-refractivity contribution in [2.24, 2.45) is 5.41 Å². The molecule has 0 spiro atoms. The van der Waals surface area contributed by atoms with E-state index in [1.54, 1.807) is 5.57 Å². The van der Waals surface area contributed by atoms with E-state index >= 15 is 0 Å². The first kappa shape index (κ1) is 15.9. The van der Waals surface area contributed by atoms with Crippen LogP contribution in [0.1, 0.15) is 37.8 Å². The molecular weight excluding hydrogens is 298 g/mol. The van der Waals surface area contributed by atoms with E-state index in [9.17, 15) is 5.11 Å². The monoisotopic (exact) mass is 325 g/mol. The standard InChI is InChI=1S/C21H27NO2/c1-21(2)11-19(24-13-17-10-18(23)12-22-17)8-16-7-14-5-3-4-6-15(14)9-20(16)21/h3-6,11,17-18,22-23H,7-10,12-13H2,1-2H3. The van der Waals surface area contributed by atoms with Crippen molar-refractivity contribution in [2.75, 3.05) is 13.2 Å². The highest BCUT2D eigenvalue weighted by Crippen LogP contribution is 2.44. The molecule has 0 saturated carbocycles. The van der Waals surface area contributed by atoms with Crippen molar-refractivity contribution in [3.63, 3.8) is 0 Å². The van der Waals surface area contributed by atoms with Gasteiger partial charge < -0.3 is 15.2 Å². The second kappa shape index (κ2) is 6.05. The van der Waals surface area contributed by atoms with Crippen LogP contribution in [-0.2, 0) is 17.6 Å². The predicted octanol–water partition coefficient (Wildman–Crippen LogP) is 3.14. The molecule has 1 aromatic rings. The molecule has 0 radical (unpaired) electrons. The van der Waals surface area contributed by atoms with Crippen molar-refractivity contribution in [2.45, 2.75) is 51.7 Å². The maximum absolute atomic E-state index is 9.63. The Kier molecular flexibility index (Phi) is 4.01. The van der Waals surface area contributed by atoms with Crippen LogP contribution in [0, 0.1) is 5.41 Å². The second-order valence-corrected chi connectivity index (χ2v) is 8.02. The molecular formula is C21H27NO2. The summed E-state index contributed by atoms with van der Waals surface area (Å²) in [5.41, 5.74) is 6.11. The molecule has 1 aliphatic heterocycles. The number of ether oxygens (including phenoxy) is 1. The van der Waals surface area contributed by atoms with Gasteiger partial charge in [-0.2, -0.15) is 0 Å². The summed E-state index contributed by atoms with van der Waals surface area (Å²) < 4.78 is 6.14. The van der Waals surface area contributed by atoms with Crippen LogP contribution in [0.25, 0.3) is 0 Å². The quantitative estimate of drug-likeness (QED) is 0.839. The molecule has 3 heteroatoms. The Morgan fingerprint density at radius 2 is 1.92 bits per heavy atom. The molecule has 2 aliphatic carbocycles. The SMILES string of the molecule is CC1(C)C=C(OCC2CC(O)CN2)CC2=C1Cc1ccccc1C2. The molecule has 3 aliphatic rings. The van der Waals surface area contributed by atoms with Gasteiger partial charge in [0, 0.05) is 24.4 Å². The van der Waals surface area contributed by atoms with Gasteiger partial charge in [0.25, 0.3) is 0 Å². The van der Waals surface area contributed by atoms with E-state index in [4.69, 9.17) is 4.74 Å². The molecule has 128 valence electrons. The summed E-state index contributed by atoms with van der Waals surface area (Å²) in [4.78, 5) is 0. The molecule has 4 rings (SSSR count). The number of aliphatic hydroxyl groups excluding tert-OH is 1. The molecule has 2 atom stereocenters. The number of fused-ring (bicyclic) bond motifs is 1. The van der Waals surface area contributed by atoms with Crippen LogP contribution in [0.5, 0.6) is 0 Å². The van der Waals surface area contributed by atoms with Crippen molar-refractivity contribution in [1.82, 2.24) is 5.32 Å². The summed E-state index contributed by atoms with van der Waals surface area (Å²) in [5.74, 6) is 1.10. The maximum atomic E-state index is 9.63. The van der Waals surface area contributed by atoms with Crippen molar-refractivity contribution >= 4 is 0 Å². The number of rotatable bonds is 3. The van der Waals surface area contributed by atoms with Gasteiger partial charge in [-0.1, -0.05) is 49.3 Å². The molecule has 0 aromatic heterocycles. The Labute approximate surface area is 144 Å². The molecule has 0 amide bonds. The topological polar surface area (TPSA) is 41.5 Å². The number of hydrogen-bond donors (Lipinski definition) is 2. The maximum Gasteiger partial charge on any atom is 0.103 e. The molecule has 3 nitrogen and oxygen atoms in total. The molecule has 1 saturated heterocycles. The normalized spacial score (nSPS) is 28.2. The van der Waals surface area contributed by atoms with Crippen LogP contribution in [0.3, 0.4) is 0 Å². The van der Waals surface area contributed by atoms with Crippen molar-refractivity contribution < 1.29 is 9.84 Å². The largest absolute Gasteiger partial charge is 0.496 e. The van der Waals surface area contributed by atoms with Gasteiger partial charge in [0.2, 0.25) is 0 Å². The third kappa shape index (κ3) is 3.03. The Morgan fingerprint density at radius 1 is 1.17 bits per heavy atom. The lowest BCUT2D eigenvalue weighted by atomic mass is 9.69. The van der Waals surface area contributed by atoms with Gasteiger partial charge in [0.05, 0.1) is 11.9 Å². The molecule has 1 fully saturated rings. The van der Waals surface area contributed by atoms with Gasteiger partial charge in [0.15, 0.2) is 0 Å². The number of nitrogens with one attached hydrogen (secondary N) is 1. The third-order valence-corrected chi connectivity index (χ3v) is 5.67. The van der Waals surface area contributed by atoms with E-state index in [1.165, 1.54) is 16.7 Å². The minimum Gasteiger partial charge on any atom is -0.496 e. The average Bonchev–Trinajstić information content (AvgIpc) is 2.96. The Hall–Kier alpha value is -1.58. The highest BCUT2D eigenvalue weighted by atomic mass is 16.5. The molecule has 0 bridgehead atoms. The summed E-state index contributed by atoms with van der Waals surface area (Å²) >= 11 is 0. The lowest BCUT2D eigenvalue weighted by molar-refractivity contribution is 0.158. The van der Waals surface area contributed by atoms with Gasteiger partial charge in [-0.3, -0.25) is 0 Å². The van der Waals surface area contributed by atoms with E-state index in [-0.39, 0.29) is 17.6 Å². The van der Waals surface area contributed by atoms with Crippen LogP contribution in [0.15, 0.2) is 47.2 Å². The fraction of sp³-hybridized carbons (Fsp3) is 0.524. The number of benzene rings is 1. The smallest absolute Gasteiger partial charge is 0.103 e. The van der Waals surface area contributed by atoms with Gasteiger partial charge in [-0.15, -0.1) is 0 Å². The lowest BCUT2D eigenvalue weighted by Crippen LogP contribution is -2.29. The molecule has 2 N–H and O–H groups in total. The fourth-order valence-electron chi connectivity index (χ4n) is 4.38. The minimum atomic E-state index is -0.223. The van der Waals surface area contributed by atoms with Crippen molar-refractivity contribution in [3.05, 3.63) is 58.4 Å². The van der Waals surface area contributed by atoms with E-state index in [0.717, 1.165) is 31.4 Å². The summed E-state index contributed by atoms with van der Waals surface area (Å²) in [7, 11) is 0. The number of hydrogen-bond acceptors (Lipinski definition) is 3. The Morgan fingerprint density at radius 3 is 2.62 bits per heavy atom. The van der Waals surface area contributed by atoms with E-state index in [2.05, 4.69) is 49.5 Å². The van der Waals surface area contributed by atoms with Crippen LogP contribution in [-0.4, -0.2) is 30.4 Å². The Bertz CT molecular complexity index is 702. The van der Waals surface area contributed by atoms with E-state index < -0.39 is 0 Å². The first-order valence-electron chi connectivity index (χ1n) is 9.05. The molecule has 1 heterocycles. The highest BCUT2D eigenvalue weighted by Gasteiger charge is 2.33. The third-order valence-electron chi connectivity index (χ3n) is 5.67. The summed E-state index contributed by atoms with van der Waals surface area (Å²) in [6, 6.07) is 9.08. The van der Waals surface area contributed by atoms with E-state index in [1.807, 2.05) is 0 Å². The number of allylic oxidation sites excluding steroid dienone is 3. The molecule has 1 aromatic carbocycles. The zero-order valence-electron chi connectivity index (χ0n) is 14.6. The number of aliphatic hydroxyl groups is 1. The highest BCUT2D eigenvalue weighted by molar-refractivity contribution is 5.46. The first-order chi connectivity index (χ1) is 11.5. The summed E-state index contributed by atoms with van der Waals surface area (Å²) in [6.45, 7) is 5.94. The molecule has 2 unspecified atom stereocenters. The van der Waals surface area contributed by atoms with Gasteiger partial charge in [-0.05, 0) is 36.5 Å². The minimum absolute atomic E-state index is 0.0546. The second-order valence-electron chi connectivity index (χ2n) is 8.02. The first-order valence-corrected chi connectivity index (χ1v) is 9.05. The zero-order valence-corrected chi connectivity index (χ0v) is 14.6. The van der Waals surface area contributed by atoms with Crippen LogP contribution >= 0.6 is 0 Å². The number of β-amino-alcohol motifs (C(OH)–C–C–N with tert-alkyl or cyclic N) is 1. The molecule has 24 heavy (non-hydrogen) atoms. The van der Waals surface area contributed by atoms with Crippen molar-refractivity contribution in [1.29, 1.82) is 0 Å². The summed E-state index contributed by atoms with van der Waals surface area (Å²) in [5, 5.41) is 12.9. The average molecular weight is 325 g/mol. The van der Waals surface area contributed by atoms with Crippen LogP contribution < -0.4 is 5.32 Å². The lowest BCUT2D eigenvalue weighted by Gasteiger charge is -2.37. The fourth-order valence-corrected chi connectivity index (χ4v) is 4.38. The summed E-state index contributed by atoms with van der Waals surface area (Å²) in [6.07, 6.45) is 5.93.